The summed E-state index contributed by atoms with van der Waals surface area (Å²) in [6, 6.07) is 20.4. The van der Waals surface area contributed by atoms with Gasteiger partial charge in [0.2, 0.25) is 0 Å². The lowest BCUT2D eigenvalue weighted by atomic mass is 9.92. The van der Waals surface area contributed by atoms with Gasteiger partial charge in [-0.05, 0) is 13.8 Å². The molecule has 2 aromatic rings. The molecule has 106 valence electrons. The van der Waals surface area contributed by atoms with E-state index in [9.17, 15) is 0 Å². The Balaban J connectivity index is 2.03. The van der Waals surface area contributed by atoms with Crippen molar-refractivity contribution in [3.8, 4) is 0 Å². The van der Waals surface area contributed by atoms with Gasteiger partial charge in [-0.25, -0.2) is 0 Å². The Morgan fingerprint density at radius 2 is 1.33 bits per heavy atom. The molecule has 3 heteroatoms. The maximum atomic E-state index is 4.94. The van der Waals surface area contributed by atoms with Crippen molar-refractivity contribution in [3.05, 3.63) is 71.8 Å². The normalized spacial score (nSPS) is 17.2. The lowest BCUT2D eigenvalue weighted by Crippen LogP contribution is -2.41. The zero-order chi connectivity index (χ0) is 14.9. The minimum atomic E-state index is -0.348. The predicted molar refractivity (Wildman–Crippen MR) is 87.8 cm³/mol. The third-order valence-electron chi connectivity index (χ3n) is 3.60. The number of nitrogens with zero attached hydrogens (tertiary/aromatic N) is 3. The van der Waals surface area contributed by atoms with E-state index in [0.717, 1.165) is 22.7 Å². The summed E-state index contributed by atoms with van der Waals surface area (Å²) >= 11 is 0. The van der Waals surface area contributed by atoms with E-state index < -0.39 is 0 Å². The molecule has 0 spiro atoms. The lowest BCUT2D eigenvalue weighted by Gasteiger charge is -2.32. The van der Waals surface area contributed by atoms with Crippen LogP contribution in [0, 0.1) is 0 Å². The molecular formula is C18H19N3. The Morgan fingerprint density at radius 3 is 1.90 bits per heavy atom. The van der Waals surface area contributed by atoms with E-state index in [2.05, 4.69) is 38.1 Å². The molecule has 3 rings (SSSR count). The first-order valence-electron chi connectivity index (χ1n) is 7.11. The molecule has 3 nitrogen and oxygen atoms in total. The molecule has 1 aliphatic rings. The van der Waals surface area contributed by atoms with Gasteiger partial charge < -0.3 is 0 Å². The Bertz CT molecular complexity index is 685. The second-order valence-corrected chi connectivity index (χ2v) is 5.70. The SMILES string of the molecule is CN1N=C(c2ccccc2)C(C)(C)N=C1c1ccccc1. The van der Waals surface area contributed by atoms with E-state index >= 15 is 0 Å². The fourth-order valence-electron chi connectivity index (χ4n) is 2.56. The number of benzene rings is 2. The molecule has 21 heavy (non-hydrogen) atoms. The van der Waals surface area contributed by atoms with Gasteiger partial charge in [-0.2, -0.15) is 5.10 Å². The number of amidine groups is 1. The zero-order valence-corrected chi connectivity index (χ0v) is 12.6. The predicted octanol–water partition coefficient (Wildman–Crippen LogP) is 3.56. The van der Waals surface area contributed by atoms with Gasteiger partial charge in [0.25, 0.3) is 0 Å². The molecular weight excluding hydrogens is 258 g/mol. The summed E-state index contributed by atoms with van der Waals surface area (Å²) in [4.78, 5) is 4.94. The summed E-state index contributed by atoms with van der Waals surface area (Å²) in [6.45, 7) is 4.21. The number of aliphatic imine (C=N–C) groups is 1. The number of hydrogen-bond donors (Lipinski definition) is 0. The van der Waals surface area contributed by atoms with Gasteiger partial charge in [0.05, 0.1) is 5.71 Å². The van der Waals surface area contributed by atoms with Crippen LogP contribution in [0.25, 0.3) is 0 Å². The molecule has 0 aliphatic carbocycles. The van der Waals surface area contributed by atoms with Crippen molar-refractivity contribution in [1.82, 2.24) is 5.01 Å². The van der Waals surface area contributed by atoms with Crippen LogP contribution in [0.5, 0.6) is 0 Å². The Hall–Kier alpha value is -2.42. The average molecular weight is 277 g/mol. The monoisotopic (exact) mass is 277 g/mol. The van der Waals surface area contributed by atoms with E-state index in [0.29, 0.717) is 0 Å². The van der Waals surface area contributed by atoms with Crippen LogP contribution >= 0.6 is 0 Å². The zero-order valence-electron chi connectivity index (χ0n) is 12.6. The molecule has 0 radical (unpaired) electrons. The first-order valence-corrected chi connectivity index (χ1v) is 7.11. The molecule has 0 unspecified atom stereocenters. The molecule has 2 aromatic carbocycles. The third kappa shape index (κ3) is 2.59. The summed E-state index contributed by atoms with van der Waals surface area (Å²) in [5.74, 6) is 0.903. The van der Waals surface area contributed by atoms with Gasteiger partial charge in [-0.3, -0.25) is 10.0 Å². The van der Waals surface area contributed by atoms with Crippen LogP contribution in [0.2, 0.25) is 0 Å². The molecule has 0 saturated carbocycles. The van der Waals surface area contributed by atoms with Gasteiger partial charge in [0.1, 0.15) is 5.54 Å². The van der Waals surface area contributed by atoms with Crippen molar-refractivity contribution in [2.24, 2.45) is 10.1 Å². The maximum absolute atomic E-state index is 4.94. The number of rotatable bonds is 2. The minimum absolute atomic E-state index is 0.348. The van der Waals surface area contributed by atoms with Gasteiger partial charge >= 0.3 is 0 Å². The van der Waals surface area contributed by atoms with Crippen molar-refractivity contribution < 1.29 is 0 Å². The van der Waals surface area contributed by atoms with Crippen LogP contribution in [0.4, 0.5) is 0 Å². The van der Waals surface area contributed by atoms with E-state index in [1.54, 1.807) is 0 Å². The highest BCUT2D eigenvalue weighted by Crippen LogP contribution is 2.25. The molecule has 1 aliphatic heterocycles. The van der Waals surface area contributed by atoms with Crippen LogP contribution in [0.15, 0.2) is 70.8 Å². The fraction of sp³-hybridized carbons (Fsp3) is 0.222. The quantitative estimate of drug-likeness (QED) is 0.825. The van der Waals surface area contributed by atoms with Crippen LogP contribution in [-0.4, -0.2) is 29.1 Å². The van der Waals surface area contributed by atoms with E-state index in [1.165, 1.54) is 0 Å². The number of hydrogen-bond acceptors (Lipinski definition) is 3. The highest BCUT2D eigenvalue weighted by molar-refractivity contribution is 6.12. The van der Waals surface area contributed by atoms with Crippen LogP contribution < -0.4 is 0 Å². The van der Waals surface area contributed by atoms with Crippen molar-refractivity contribution in [3.63, 3.8) is 0 Å². The molecule has 0 N–H and O–H groups in total. The summed E-state index contributed by atoms with van der Waals surface area (Å²) in [5.41, 5.74) is 2.85. The van der Waals surface area contributed by atoms with E-state index in [1.807, 2.05) is 48.5 Å². The second-order valence-electron chi connectivity index (χ2n) is 5.70. The molecule has 0 fully saturated rings. The summed E-state index contributed by atoms with van der Waals surface area (Å²) in [5, 5.41) is 6.65. The van der Waals surface area contributed by atoms with Crippen molar-refractivity contribution in [1.29, 1.82) is 0 Å². The maximum Gasteiger partial charge on any atom is 0.152 e. The number of hydrazone groups is 1. The molecule has 0 amide bonds. The van der Waals surface area contributed by atoms with Crippen molar-refractivity contribution in [2.75, 3.05) is 7.05 Å². The van der Waals surface area contributed by atoms with Crippen molar-refractivity contribution in [2.45, 2.75) is 19.4 Å². The highest BCUT2D eigenvalue weighted by atomic mass is 15.5. The van der Waals surface area contributed by atoms with Crippen molar-refractivity contribution >= 4 is 11.5 Å². The third-order valence-corrected chi connectivity index (χ3v) is 3.60. The molecule has 0 saturated heterocycles. The molecule has 1 heterocycles. The van der Waals surface area contributed by atoms with Crippen LogP contribution in [0.1, 0.15) is 25.0 Å². The van der Waals surface area contributed by atoms with E-state index in [-0.39, 0.29) is 5.54 Å². The van der Waals surface area contributed by atoms with Crippen LogP contribution in [0.3, 0.4) is 0 Å². The van der Waals surface area contributed by atoms with E-state index in [4.69, 9.17) is 10.1 Å². The van der Waals surface area contributed by atoms with Gasteiger partial charge in [0.15, 0.2) is 5.84 Å². The standard InChI is InChI=1S/C18H19N3/c1-18(2)16(14-10-6-4-7-11-14)20-21(3)17(19-18)15-12-8-5-9-13-15/h4-13H,1-3H3. The fourth-order valence-corrected chi connectivity index (χ4v) is 2.56. The summed E-state index contributed by atoms with van der Waals surface area (Å²) in [7, 11) is 1.95. The largest absolute Gasteiger partial charge is 0.254 e. The highest BCUT2D eigenvalue weighted by Gasteiger charge is 2.32. The Labute approximate surface area is 125 Å². The van der Waals surface area contributed by atoms with Gasteiger partial charge in [-0.15, -0.1) is 0 Å². The Kier molecular flexibility index (Phi) is 3.34. The topological polar surface area (TPSA) is 28.0 Å². The smallest absolute Gasteiger partial charge is 0.152 e. The van der Waals surface area contributed by atoms with Gasteiger partial charge in [0, 0.05) is 18.2 Å². The Morgan fingerprint density at radius 1 is 0.810 bits per heavy atom. The average Bonchev–Trinajstić information content (AvgIpc) is 2.51. The summed E-state index contributed by atoms with van der Waals surface area (Å²) < 4.78 is 0. The summed E-state index contributed by atoms with van der Waals surface area (Å²) in [6.07, 6.45) is 0. The first kappa shape index (κ1) is 13.6. The molecule has 0 atom stereocenters. The minimum Gasteiger partial charge on any atom is -0.254 e. The lowest BCUT2D eigenvalue weighted by molar-refractivity contribution is 0.498. The molecule has 0 bridgehead atoms. The van der Waals surface area contributed by atoms with Gasteiger partial charge in [-0.1, -0.05) is 60.7 Å². The first-order chi connectivity index (χ1) is 10.1. The van der Waals surface area contributed by atoms with Crippen LogP contribution in [-0.2, 0) is 0 Å². The second kappa shape index (κ2) is 5.17. The molecule has 0 aromatic heterocycles.